The molecule has 0 aromatic carbocycles. The van der Waals surface area contributed by atoms with Gasteiger partial charge >= 0.3 is 5.97 Å². The maximum atomic E-state index is 14.1. The molecular formula is C43H69NO14. The number of hydrogen-bond donors (Lipinski definition) is 3. The molecule has 4 aliphatic rings. The van der Waals surface area contributed by atoms with Gasteiger partial charge in [-0.05, 0) is 65.9 Å². The van der Waals surface area contributed by atoms with Gasteiger partial charge in [0.15, 0.2) is 18.4 Å². The van der Waals surface area contributed by atoms with Crippen LogP contribution in [0, 0.1) is 23.7 Å². The van der Waals surface area contributed by atoms with E-state index in [9.17, 15) is 24.9 Å². The summed E-state index contributed by atoms with van der Waals surface area (Å²) < 4.78 is 54.9. The molecule has 5 unspecified atom stereocenters. The Balaban J connectivity index is 1.72. The fourth-order valence-electron chi connectivity index (χ4n) is 8.28. The largest absolute Gasteiger partial charge is 0.497 e. The number of ketones is 1. The van der Waals surface area contributed by atoms with E-state index in [1.54, 1.807) is 51.3 Å². The maximum Gasteiger partial charge on any atom is 0.308 e. The predicted octanol–water partition coefficient (Wildman–Crippen LogP) is 3.10. The number of hydrogen-bond acceptors (Lipinski definition) is 15. The first kappa shape index (κ1) is 48.1. The third-order valence-corrected chi connectivity index (χ3v) is 11.8. The summed E-state index contributed by atoms with van der Waals surface area (Å²) >= 11 is 0. The molecule has 330 valence electrons. The van der Waals surface area contributed by atoms with Gasteiger partial charge < -0.3 is 62.9 Å². The van der Waals surface area contributed by atoms with Crippen LogP contribution in [0.5, 0.6) is 0 Å². The van der Waals surface area contributed by atoms with E-state index < -0.39 is 109 Å². The van der Waals surface area contributed by atoms with Gasteiger partial charge in [0.25, 0.3) is 0 Å². The standard InChI is InChI=1S/C43H69NO14/c1-11-32-30(23-54-43-41(51-10)40(50-9)37(48)28(6)56-43)20-24(2)14-15-31(45)25(3)21-29-16-19-52-17-12-13-18-53-33(22-34(46)57-32)26(4)39(29)58-42-38(49)35(44(7)8)36(47)27(5)55-42/h12-16,19-20,25-30,32-33,35-43,47-49H,11,17-18,21-23H2,1-10H3/b13-12+,15-14+,19-16-,24-20+/t25-,26+,27?,28?,29+,30-,32-,33-,35?,36+,37+,38?,39-,40+,41?,42+,43-/m1/s1. The smallest absolute Gasteiger partial charge is 0.308 e. The van der Waals surface area contributed by atoms with Crippen LogP contribution < -0.4 is 0 Å². The summed E-state index contributed by atoms with van der Waals surface area (Å²) in [4.78, 5) is 29.6. The number of rotatable bonds is 9. The van der Waals surface area contributed by atoms with Crippen LogP contribution in [0.2, 0.25) is 0 Å². The number of methoxy groups -OCH3 is 2. The fourth-order valence-corrected chi connectivity index (χ4v) is 8.28. The number of cyclic esters (lactones) is 1. The molecule has 58 heavy (non-hydrogen) atoms. The molecule has 0 aliphatic carbocycles. The number of aliphatic hydroxyl groups is 3. The number of ether oxygens (including phenoxy) is 9. The van der Waals surface area contributed by atoms with Crippen molar-refractivity contribution in [1.29, 1.82) is 0 Å². The zero-order chi connectivity index (χ0) is 42.7. The molecule has 15 nitrogen and oxygen atoms in total. The Kier molecular flexibility index (Phi) is 19.0. The monoisotopic (exact) mass is 823 g/mol. The lowest BCUT2D eigenvalue weighted by Crippen LogP contribution is -2.63. The Morgan fingerprint density at radius 3 is 2.21 bits per heavy atom. The minimum Gasteiger partial charge on any atom is -0.497 e. The Hall–Kier alpha value is -2.54. The lowest BCUT2D eigenvalue weighted by molar-refractivity contribution is -0.304. The Bertz CT molecular complexity index is 1420. The lowest BCUT2D eigenvalue weighted by atomic mass is 9.81. The fraction of sp³-hybridized carbons (Fsp3) is 0.767. The third-order valence-electron chi connectivity index (χ3n) is 11.8. The number of likely N-dealkylation sites (N-methyl/N-ethyl adjacent to an activating group) is 1. The minimum atomic E-state index is -1.23. The lowest BCUT2D eigenvalue weighted by Gasteiger charge is -2.46. The van der Waals surface area contributed by atoms with Crippen LogP contribution in [0.1, 0.15) is 60.8 Å². The van der Waals surface area contributed by atoms with E-state index in [2.05, 4.69) is 0 Å². The van der Waals surface area contributed by atoms with Crippen molar-refractivity contribution in [3.8, 4) is 0 Å². The van der Waals surface area contributed by atoms with Gasteiger partial charge in [-0.3, -0.25) is 9.59 Å². The summed E-state index contributed by atoms with van der Waals surface area (Å²) in [5.41, 5.74) is 0.757. The van der Waals surface area contributed by atoms with Crippen LogP contribution in [-0.2, 0) is 52.2 Å². The van der Waals surface area contributed by atoms with E-state index >= 15 is 0 Å². The zero-order valence-electron chi connectivity index (χ0n) is 35.9. The molecule has 0 spiro atoms. The van der Waals surface area contributed by atoms with Crippen LogP contribution in [0.4, 0.5) is 0 Å². The van der Waals surface area contributed by atoms with Crippen molar-refractivity contribution in [2.75, 3.05) is 48.1 Å². The Morgan fingerprint density at radius 1 is 0.862 bits per heavy atom. The van der Waals surface area contributed by atoms with Crippen LogP contribution in [-0.4, -0.2) is 160 Å². The molecule has 15 heteroatoms. The number of nitrogens with zero attached hydrogens (tertiary/aromatic N) is 1. The van der Waals surface area contributed by atoms with E-state index in [1.807, 2.05) is 52.0 Å². The number of fused-ring (bicyclic) bond motifs is 3. The Labute approximate surface area is 344 Å². The number of esters is 1. The van der Waals surface area contributed by atoms with Gasteiger partial charge in [-0.2, -0.15) is 0 Å². The summed E-state index contributed by atoms with van der Waals surface area (Å²) in [6, 6.07) is -0.684. The first-order chi connectivity index (χ1) is 27.6. The number of carbonyl (C=O) groups is 2. The van der Waals surface area contributed by atoms with Crippen LogP contribution >= 0.6 is 0 Å². The van der Waals surface area contributed by atoms with Crippen LogP contribution in [0.15, 0.2) is 48.3 Å². The van der Waals surface area contributed by atoms with E-state index in [0.717, 1.165) is 5.57 Å². The highest BCUT2D eigenvalue weighted by molar-refractivity contribution is 5.91. The third kappa shape index (κ3) is 12.5. The average Bonchev–Trinajstić information content (AvgIpc) is 3.18. The van der Waals surface area contributed by atoms with Gasteiger partial charge in [-0.15, -0.1) is 0 Å². The zero-order valence-corrected chi connectivity index (χ0v) is 35.9. The highest BCUT2D eigenvalue weighted by Crippen LogP contribution is 2.35. The van der Waals surface area contributed by atoms with Gasteiger partial charge in [0, 0.05) is 37.9 Å². The molecule has 2 fully saturated rings. The molecule has 0 aromatic rings. The van der Waals surface area contributed by atoms with Crippen molar-refractivity contribution in [2.45, 2.75) is 140 Å². The number of carbonyl (C=O) groups excluding carboxylic acids is 2. The van der Waals surface area contributed by atoms with Gasteiger partial charge in [0.05, 0.1) is 62.5 Å². The number of aliphatic hydroxyl groups excluding tert-OH is 3. The van der Waals surface area contributed by atoms with Gasteiger partial charge in [-0.25, -0.2) is 0 Å². The summed E-state index contributed by atoms with van der Waals surface area (Å²) in [6.45, 7) is 11.5. The maximum absolute atomic E-state index is 14.1. The second kappa shape index (κ2) is 22.9. The van der Waals surface area contributed by atoms with Crippen molar-refractivity contribution in [3.05, 3.63) is 48.3 Å². The van der Waals surface area contributed by atoms with Crippen LogP contribution in [0.3, 0.4) is 0 Å². The van der Waals surface area contributed by atoms with Crippen molar-refractivity contribution in [3.63, 3.8) is 0 Å². The summed E-state index contributed by atoms with van der Waals surface area (Å²) in [7, 11) is 6.53. The molecule has 4 aliphatic heterocycles. The SMILES string of the molecule is CC[C@H]1OC(=O)C[C@H]2OC/C=C/CO/C=C\[C@@H](C[C@@H](C)C(=O)/C=C/C(C)=C/[C@@H]1CO[C@@H]1OC(C)[C@H](O)[C@H](OC)C1OC)[C@H](O[C@@H]1OC(C)[C@H](O)C(N(C)C)C1O)[C@H]2C. The first-order valence-electron chi connectivity index (χ1n) is 20.6. The molecule has 0 saturated carbocycles. The average molecular weight is 824 g/mol. The quantitative estimate of drug-likeness (QED) is 0.228. The van der Waals surface area contributed by atoms with Crippen LogP contribution in [0.25, 0.3) is 0 Å². The normalized spacial score (nSPS) is 43.9. The molecule has 17 atom stereocenters. The highest BCUT2D eigenvalue weighted by Gasteiger charge is 2.48. The highest BCUT2D eigenvalue weighted by atomic mass is 16.7. The topological polar surface area (TPSA) is 181 Å². The Morgan fingerprint density at radius 2 is 1.53 bits per heavy atom. The second-order valence-corrected chi connectivity index (χ2v) is 16.3. The molecule has 4 heterocycles. The second-order valence-electron chi connectivity index (χ2n) is 16.3. The van der Waals surface area contributed by atoms with Crippen molar-refractivity contribution in [1.82, 2.24) is 4.90 Å². The predicted molar refractivity (Wildman–Crippen MR) is 213 cm³/mol. The summed E-state index contributed by atoms with van der Waals surface area (Å²) in [5.74, 6) is -2.52. The van der Waals surface area contributed by atoms with Crippen molar-refractivity contribution < 1.29 is 67.5 Å². The van der Waals surface area contributed by atoms with Gasteiger partial charge in [-0.1, -0.05) is 44.6 Å². The summed E-state index contributed by atoms with van der Waals surface area (Å²) in [6.07, 6.45) is 2.95. The molecule has 0 aromatic heterocycles. The summed E-state index contributed by atoms with van der Waals surface area (Å²) in [5, 5.41) is 33.2. The van der Waals surface area contributed by atoms with Gasteiger partial charge in [0.2, 0.25) is 0 Å². The molecule has 4 rings (SSSR count). The first-order valence-corrected chi connectivity index (χ1v) is 20.6. The van der Waals surface area contributed by atoms with Crippen molar-refractivity contribution in [2.24, 2.45) is 23.7 Å². The molecular weight excluding hydrogens is 754 g/mol. The van der Waals surface area contributed by atoms with E-state index in [-0.39, 0.29) is 32.0 Å². The molecule has 2 bridgehead atoms. The van der Waals surface area contributed by atoms with Crippen molar-refractivity contribution >= 4 is 11.8 Å². The van der Waals surface area contributed by atoms with E-state index in [0.29, 0.717) is 12.8 Å². The molecule has 3 N–H and O–H groups in total. The van der Waals surface area contributed by atoms with E-state index in [4.69, 9.17) is 42.6 Å². The van der Waals surface area contributed by atoms with Gasteiger partial charge in [0.1, 0.15) is 37.1 Å². The molecule has 0 amide bonds. The van der Waals surface area contributed by atoms with E-state index in [1.165, 1.54) is 14.2 Å². The molecule has 0 radical (unpaired) electrons. The molecule has 2 saturated heterocycles. The number of allylic oxidation sites excluding steroid dienone is 3. The minimum absolute atomic E-state index is 0.0585.